The van der Waals surface area contributed by atoms with Gasteiger partial charge in [0.25, 0.3) is 0 Å². The van der Waals surface area contributed by atoms with Gasteiger partial charge in [0.05, 0.1) is 10.7 Å². The molecular weight excluding hydrogens is 323 g/mol. The molecule has 5 nitrogen and oxygen atoms in total. The summed E-state index contributed by atoms with van der Waals surface area (Å²) in [5.74, 6) is -0.319. The standard InChI is InChI=1S/C12H7Cl3N4O/c13-5-12(20)17-11-4-8(6-16)18-19(11)10-2-1-7(14)3-9(10)15/h1-4H,5H2,(H,17,20). The molecule has 1 heterocycles. The van der Waals surface area contributed by atoms with E-state index in [-0.39, 0.29) is 11.6 Å². The molecule has 1 N–H and O–H groups in total. The van der Waals surface area contributed by atoms with Gasteiger partial charge in [-0.3, -0.25) is 4.79 Å². The van der Waals surface area contributed by atoms with Gasteiger partial charge in [-0.15, -0.1) is 11.6 Å². The summed E-state index contributed by atoms with van der Waals surface area (Å²) in [5.41, 5.74) is 0.628. The molecule has 8 heteroatoms. The summed E-state index contributed by atoms with van der Waals surface area (Å²) in [7, 11) is 0. The van der Waals surface area contributed by atoms with Crippen molar-refractivity contribution in [3.05, 3.63) is 40.0 Å². The molecular formula is C12H7Cl3N4O. The van der Waals surface area contributed by atoms with Gasteiger partial charge in [0.15, 0.2) is 5.69 Å². The summed E-state index contributed by atoms with van der Waals surface area (Å²) in [4.78, 5) is 11.4. The van der Waals surface area contributed by atoms with Crippen LogP contribution < -0.4 is 5.32 Å². The number of aromatic nitrogens is 2. The van der Waals surface area contributed by atoms with Gasteiger partial charge in [0, 0.05) is 11.1 Å². The van der Waals surface area contributed by atoms with Crippen molar-refractivity contribution in [3.8, 4) is 11.8 Å². The van der Waals surface area contributed by atoms with Crippen molar-refractivity contribution in [2.75, 3.05) is 11.2 Å². The SMILES string of the molecule is N#Cc1cc(NC(=O)CCl)n(-c2ccc(Cl)cc2Cl)n1. The predicted molar refractivity (Wildman–Crippen MR) is 77.6 cm³/mol. The molecule has 0 saturated carbocycles. The summed E-state index contributed by atoms with van der Waals surface area (Å²) >= 11 is 17.4. The number of halogens is 3. The Labute approximate surface area is 129 Å². The van der Waals surface area contributed by atoms with Crippen LogP contribution in [0.15, 0.2) is 24.3 Å². The van der Waals surface area contributed by atoms with E-state index in [1.54, 1.807) is 18.2 Å². The maximum absolute atomic E-state index is 11.4. The fourth-order valence-corrected chi connectivity index (χ4v) is 2.09. The lowest BCUT2D eigenvalue weighted by Crippen LogP contribution is -2.15. The Balaban J connectivity index is 2.52. The van der Waals surface area contributed by atoms with Crippen LogP contribution in [0.3, 0.4) is 0 Å². The normalized spacial score (nSPS) is 10.1. The third kappa shape index (κ3) is 3.05. The first-order valence-electron chi connectivity index (χ1n) is 5.36. The van der Waals surface area contributed by atoms with Crippen molar-refractivity contribution >= 4 is 46.5 Å². The smallest absolute Gasteiger partial charge is 0.240 e. The number of amides is 1. The van der Waals surface area contributed by atoms with Gasteiger partial charge in [-0.1, -0.05) is 23.2 Å². The Kier molecular flexibility index (Phi) is 4.50. The number of benzene rings is 1. The quantitative estimate of drug-likeness (QED) is 0.879. The molecule has 2 aromatic rings. The maximum atomic E-state index is 11.4. The third-order valence-corrected chi connectivity index (χ3v) is 3.13. The first kappa shape index (κ1) is 14.7. The molecule has 0 aliphatic rings. The molecule has 0 aliphatic heterocycles. The first-order valence-corrected chi connectivity index (χ1v) is 6.65. The number of alkyl halides is 1. The van der Waals surface area contributed by atoms with E-state index in [2.05, 4.69) is 10.4 Å². The Hall–Kier alpha value is -1.74. The van der Waals surface area contributed by atoms with Crippen molar-refractivity contribution in [2.45, 2.75) is 0 Å². The Morgan fingerprint density at radius 3 is 2.75 bits per heavy atom. The zero-order valence-corrected chi connectivity index (χ0v) is 12.2. The van der Waals surface area contributed by atoms with Crippen molar-refractivity contribution in [1.82, 2.24) is 9.78 Å². The van der Waals surface area contributed by atoms with Crippen LogP contribution in [0.5, 0.6) is 0 Å². The average Bonchev–Trinajstić information content (AvgIpc) is 2.81. The Morgan fingerprint density at radius 2 is 2.15 bits per heavy atom. The second kappa shape index (κ2) is 6.14. The second-order valence-electron chi connectivity index (χ2n) is 3.72. The molecule has 1 amide bonds. The molecule has 20 heavy (non-hydrogen) atoms. The number of nitrogens with one attached hydrogen (secondary N) is 1. The number of carbonyl (C=O) groups is 1. The lowest BCUT2D eigenvalue weighted by atomic mass is 10.3. The number of rotatable bonds is 3. The topological polar surface area (TPSA) is 70.7 Å². The van der Waals surface area contributed by atoms with Gasteiger partial charge in [-0.2, -0.15) is 10.4 Å². The summed E-state index contributed by atoms with van der Waals surface area (Å²) in [5, 5.41) is 16.3. The van der Waals surface area contributed by atoms with Crippen LogP contribution in [0.1, 0.15) is 5.69 Å². The molecule has 0 atom stereocenters. The average molecular weight is 330 g/mol. The molecule has 0 bridgehead atoms. The molecule has 1 aromatic carbocycles. The van der Waals surface area contributed by atoms with Gasteiger partial charge in [0.1, 0.15) is 17.8 Å². The third-order valence-electron chi connectivity index (χ3n) is 2.35. The van der Waals surface area contributed by atoms with Crippen molar-refractivity contribution in [1.29, 1.82) is 5.26 Å². The lowest BCUT2D eigenvalue weighted by Gasteiger charge is -2.09. The molecule has 0 saturated heterocycles. The lowest BCUT2D eigenvalue weighted by molar-refractivity contribution is -0.114. The van der Waals surface area contributed by atoms with E-state index in [9.17, 15) is 4.79 Å². The van der Waals surface area contributed by atoms with Gasteiger partial charge in [-0.05, 0) is 18.2 Å². The molecule has 0 fully saturated rings. The molecule has 0 spiro atoms. The van der Waals surface area contributed by atoms with Crippen molar-refractivity contribution in [3.63, 3.8) is 0 Å². The molecule has 0 unspecified atom stereocenters. The summed E-state index contributed by atoms with van der Waals surface area (Å²) in [6, 6.07) is 8.12. The highest BCUT2D eigenvalue weighted by molar-refractivity contribution is 6.35. The summed E-state index contributed by atoms with van der Waals surface area (Å²) in [6.07, 6.45) is 0. The van der Waals surface area contributed by atoms with E-state index >= 15 is 0 Å². The Morgan fingerprint density at radius 1 is 1.40 bits per heavy atom. The Bertz CT molecular complexity index is 705. The zero-order valence-electron chi connectivity index (χ0n) is 9.90. The summed E-state index contributed by atoms with van der Waals surface area (Å²) < 4.78 is 1.35. The fourth-order valence-electron chi connectivity index (χ4n) is 1.54. The van der Waals surface area contributed by atoms with Gasteiger partial charge >= 0.3 is 0 Å². The van der Waals surface area contributed by atoms with Crippen LogP contribution >= 0.6 is 34.8 Å². The molecule has 2 rings (SSSR count). The molecule has 1 aromatic heterocycles. The van der Waals surface area contributed by atoms with Crippen LogP contribution in [0.2, 0.25) is 10.0 Å². The largest absolute Gasteiger partial charge is 0.310 e. The number of nitrogens with zero attached hydrogens (tertiary/aromatic N) is 3. The minimum absolute atomic E-state index is 0.140. The highest BCUT2D eigenvalue weighted by Crippen LogP contribution is 2.27. The molecule has 0 aliphatic carbocycles. The number of hydrogen-bond acceptors (Lipinski definition) is 3. The number of nitriles is 1. The molecule has 102 valence electrons. The van der Waals surface area contributed by atoms with Crippen molar-refractivity contribution < 1.29 is 4.79 Å². The van der Waals surface area contributed by atoms with Gasteiger partial charge < -0.3 is 5.32 Å². The van der Waals surface area contributed by atoms with E-state index in [1.165, 1.54) is 10.7 Å². The fraction of sp³-hybridized carbons (Fsp3) is 0.0833. The number of hydrogen-bond donors (Lipinski definition) is 1. The summed E-state index contributed by atoms with van der Waals surface area (Å²) in [6.45, 7) is 0. The minimum Gasteiger partial charge on any atom is -0.310 e. The van der Waals surface area contributed by atoms with Crippen molar-refractivity contribution in [2.24, 2.45) is 0 Å². The van der Waals surface area contributed by atoms with Crippen LogP contribution in [-0.2, 0) is 4.79 Å². The zero-order chi connectivity index (χ0) is 14.7. The number of anilines is 1. The predicted octanol–water partition coefficient (Wildman–Crippen LogP) is 3.23. The van der Waals surface area contributed by atoms with E-state index in [0.717, 1.165) is 0 Å². The van der Waals surface area contributed by atoms with E-state index < -0.39 is 5.91 Å². The van der Waals surface area contributed by atoms with Gasteiger partial charge in [0.2, 0.25) is 5.91 Å². The second-order valence-corrected chi connectivity index (χ2v) is 4.83. The van der Waals surface area contributed by atoms with E-state index in [1.807, 2.05) is 6.07 Å². The highest BCUT2D eigenvalue weighted by atomic mass is 35.5. The highest BCUT2D eigenvalue weighted by Gasteiger charge is 2.14. The monoisotopic (exact) mass is 328 g/mol. The number of carbonyl (C=O) groups excluding carboxylic acids is 1. The maximum Gasteiger partial charge on any atom is 0.240 e. The minimum atomic E-state index is -0.414. The van der Waals surface area contributed by atoms with E-state index in [0.29, 0.717) is 21.6 Å². The van der Waals surface area contributed by atoms with Crippen LogP contribution in [0.4, 0.5) is 5.82 Å². The molecule has 0 radical (unpaired) electrons. The van der Waals surface area contributed by atoms with Gasteiger partial charge in [-0.25, -0.2) is 4.68 Å². The van der Waals surface area contributed by atoms with E-state index in [4.69, 9.17) is 40.1 Å². The van der Waals surface area contributed by atoms with Crippen LogP contribution in [0, 0.1) is 11.3 Å². The van der Waals surface area contributed by atoms with Crippen LogP contribution in [0.25, 0.3) is 5.69 Å². The van der Waals surface area contributed by atoms with Crippen LogP contribution in [-0.4, -0.2) is 21.6 Å². The first-order chi connectivity index (χ1) is 9.55.